The number of alkyl halides is 1. The zero-order valence-electron chi connectivity index (χ0n) is 7.87. The lowest BCUT2D eigenvalue weighted by atomic mass is 10.4. The van der Waals surface area contributed by atoms with Gasteiger partial charge in [-0.25, -0.2) is 9.97 Å². The van der Waals surface area contributed by atoms with Gasteiger partial charge in [-0.15, -0.1) is 11.6 Å². The number of hydrogen-bond donors (Lipinski definition) is 0. The molecule has 14 heavy (non-hydrogen) atoms. The number of halogens is 2. The van der Waals surface area contributed by atoms with Crippen LogP contribution in [0.1, 0.15) is 12.2 Å². The van der Waals surface area contributed by atoms with E-state index in [1.165, 1.54) is 0 Å². The van der Waals surface area contributed by atoms with Crippen molar-refractivity contribution in [3.63, 3.8) is 0 Å². The molecule has 1 fully saturated rings. The Hall–Kier alpha value is -0.350. The average molecular weight is 277 g/mol. The van der Waals surface area contributed by atoms with E-state index in [1.54, 1.807) is 6.20 Å². The molecule has 1 aromatic heterocycles. The predicted molar refractivity (Wildman–Crippen MR) is 60.9 cm³/mol. The van der Waals surface area contributed by atoms with E-state index in [1.807, 2.05) is 6.92 Å². The largest absolute Gasteiger partial charge is 0.354 e. The van der Waals surface area contributed by atoms with Gasteiger partial charge in [-0.3, -0.25) is 0 Å². The molecule has 0 aromatic carbocycles. The molecule has 0 aliphatic carbocycles. The van der Waals surface area contributed by atoms with Crippen molar-refractivity contribution in [3.05, 3.63) is 16.5 Å². The maximum atomic E-state index is 6.05. The third-order valence-corrected chi connectivity index (χ3v) is 3.19. The topological polar surface area (TPSA) is 29.0 Å². The second kappa shape index (κ2) is 4.03. The Morgan fingerprint density at radius 2 is 2.43 bits per heavy atom. The highest BCUT2D eigenvalue weighted by molar-refractivity contribution is 9.10. The molecule has 0 amide bonds. The van der Waals surface area contributed by atoms with Crippen LogP contribution in [0, 0.1) is 6.92 Å². The van der Waals surface area contributed by atoms with Crippen LogP contribution in [0.2, 0.25) is 0 Å². The quantitative estimate of drug-likeness (QED) is 0.738. The van der Waals surface area contributed by atoms with Crippen LogP contribution in [-0.4, -0.2) is 28.4 Å². The number of anilines is 1. The molecular formula is C9H11BrClN3. The molecule has 1 aliphatic rings. The van der Waals surface area contributed by atoms with Gasteiger partial charge in [-0.2, -0.15) is 0 Å². The Kier molecular flexibility index (Phi) is 2.93. The summed E-state index contributed by atoms with van der Waals surface area (Å²) in [6.07, 6.45) is 2.82. The summed E-state index contributed by atoms with van der Waals surface area (Å²) in [5.74, 6) is 1.75. The average Bonchev–Trinajstić information content (AvgIpc) is 2.56. The van der Waals surface area contributed by atoms with Crippen LogP contribution in [-0.2, 0) is 0 Å². The number of nitrogens with zero attached hydrogens (tertiary/aromatic N) is 3. The first-order valence-electron chi connectivity index (χ1n) is 4.55. The van der Waals surface area contributed by atoms with Crippen molar-refractivity contribution >= 4 is 33.3 Å². The van der Waals surface area contributed by atoms with Crippen molar-refractivity contribution in [1.82, 2.24) is 9.97 Å². The molecule has 1 aliphatic heterocycles. The van der Waals surface area contributed by atoms with E-state index in [0.29, 0.717) is 0 Å². The first-order chi connectivity index (χ1) is 6.66. The Balaban J connectivity index is 2.27. The van der Waals surface area contributed by atoms with Crippen LogP contribution in [0.5, 0.6) is 0 Å². The van der Waals surface area contributed by atoms with Crippen LogP contribution in [0.15, 0.2) is 10.7 Å². The van der Waals surface area contributed by atoms with Crippen LogP contribution in [0.25, 0.3) is 0 Å². The molecule has 2 heterocycles. The summed E-state index contributed by atoms with van der Waals surface area (Å²) in [5.41, 5.74) is 0. The van der Waals surface area contributed by atoms with Crippen molar-refractivity contribution in [2.75, 3.05) is 18.0 Å². The molecule has 1 atom stereocenters. The predicted octanol–water partition coefficient (Wildman–Crippen LogP) is 2.37. The van der Waals surface area contributed by atoms with Crippen LogP contribution >= 0.6 is 27.5 Å². The fourth-order valence-corrected chi connectivity index (χ4v) is 2.28. The molecule has 1 saturated heterocycles. The van der Waals surface area contributed by atoms with Gasteiger partial charge >= 0.3 is 0 Å². The molecule has 0 saturated carbocycles. The van der Waals surface area contributed by atoms with Gasteiger partial charge in [0.2, 0.25) is 0 Å². The number of hydrogen-bond acceptors (Lipinski definition) is 3. The second-order valence-electron chi connectivity index (χ2n) is 3.42. The van der Waals surface area contributed by atoms with Crippen molar-refractivity contribution in [1.29, 1.82) is 0 Å². The molecule has 0 spiro atoms. The monoisotopic (exact) mass is 275 g/mol. The van der Waals surface area contributed by atoms with E-state index < -0.39 is 0 Å². The SMILES string of the molecule is Cc1ncc(Br)c(N2CCC(Cl)C2)n1. The Morgan fingerprint density at radius 3 is 3.07 bits per heavy atom. The fraction of sp³-hybridized carbons (Fsp3) is 0.556. The zero-order chi connectivity index (χ0) is 10.1. The lowest BCUT2D eigenvalue weighted by Gasteiger charge is -2.17. The minimum Gasteiger partial charge on any atom is -0.354 e. The molecule has 5 heteroatoms. The summed E-state index contributed by atoms with van der Waals surface area (Å²) in [6, 6.07) is 0. The summed E-state index contributed by atoms with van der Waals surface area (Å²) in [6.45, 7) is 3.74. The molecule has 1 unspecified atom stereocenters. The van der Waals surface area contributed by atoms with E-state index >= 15 is 0 Å². The Labute approximate surface area is 96.6 Å². The van der Waals surface area contributed by atoms with Gasteiger partial charge in [0.1, 0.15) is 11.6 Å². The minimum atomic E-state index is 0.247. The van der Waals surface area contributed by atoms with Crippen molar-refractivity contribution in [2.24, 2.45) is 0 Å². The number of rotatable bonds is 1. The molecule has 0 N–H and O–H groups in total. The normalized spacial score (nSPS) is 21.6. The first kappa shape index (κ1) is 10.2. The third-order valence-electron chi connectivity index (χ3n) is 2.28. The lowest BCUT2D eigenvalue weighted by Crippen LogP contribution is -2.21. The van der Waals surface area contributed by atoms with E-state index in [4.69, 9.17) is 11.6 Å². The van der Waals surface area contributed by atoms with Crippen LogP contribution < -0.4 is 4.90 Å². The Morgan fingerprint density at radius 1 is 1.64 bits per heavy atom. The van der Waals surface area contributed by atoms with Crippen molar-refractivity contribution in [2.45, 2.75) is 18.7 Å². The molecule has 3 nitrogen and oxygen atoms in total. The van der Waals surface area contributed by atoms with Gasteiger partial charge in [0.05, 0.1) is 9.85 Å². The molecule has 1 aromatic rings. The molecule has 2 rings (SSSR count). The number of aryl methyl sites for hydroxylation is 1. The third kappa shape index (κ3) is 2.01. The van der Waals surface area contributed by atoms with Gasteiger partial charge < -0.3 is 4.90 Å². The smallest absolute Gasteiger partial charge is 0.146 e. The van der Waals surface area contributed by atoms with Crippen LogP contribution in [0.3, 0.4) is 0 Å². The van der Waals surface area contributed by atoms with Gasteiger partial charge in [-0.1, -0.05) is 0 Å². The minimum absolute atomic E-state index is 0.247. The maximum Gasteiger partial charge on any atom is 0.146 e. The summed E-state index contributed by atoms with van der Waals surface area (Å²) < 4.78 is 0.939. The highest BCUT2D eigenvalue weighted by atomic mass is 79.9. The van der Waals surface area contributed by atoms with E-state index in [-0.39, 0.29) is 5.38 Å². The van der Waals surface area contributed by atoms with E-state index in [9.17, 15) is 0 Å². The van der Waals surface area contributed by atoms with Gasteiger partial charge in [0.15, 0.2) is 0 Å². The maximum absolute atomic E-state index is 6.05. The molecule has 0 radical (unpaired) electrons. The van der Waals surface area contributed by atoms with Crippen molar-refractivity contribution < 1.29 is 0 Å². The standard InChI is InChI=1S/C9H11BrClN3/c1-6-12-4-8(10)9(13-6)14-3-2-7(11)5-14/h4,7H,2-3,5H2,1H3. The van der Waals surface area contributed by atoms with Gasteiger partial charge in [0.25, 0.3) is 0 Å². The van der Waals surface area contributed by atoms with Gasteiger partial charge in [-0.05, 0) is 29.3 Å². The Bertz CT molecular complexity index is 345. The van der Waals surface area contributed by atoms with Crippen molar-refractivity contribution in [3.8, 4) is 0 Å². The molecule has 76 valence electrons. The summed E-state index contributed by atoms with van der Waals surface area (Å²) in [7, 11) is 0. The molecule has 0 bridgehead atoms. The van der Waals surface area contributed by atoms with Gasteiger partial charge in [0, 0.05) is 19.3 Å². The number of aromatic nitrogens is 2. The van der Waals surface area contributed by atoms with Crippen LogP contribution in [0.4, 0.5) is 5.82 Å². The highest BCUT2D eigenvalue weighted by Gasteiger charge is 2.23. The second-order valence-corrected chi connectivity index (χ2v) is 4.89. The molecular weight excluding hydrogens is 265 g/mol. The fourth-order valence-electron chi connectivity index (χ4n) is 1.58. The first-order valence-corrected chi connectivity index (χ1v) is 5.78. The zero-order valence-corrected chi connectivity index (χ0v) is 10.2. The van der Waals surface area contributed by atoms with E-state index in [2.05, 4.69) is 30.8 Å². The van der Waals surface area contributed by atoms with E-state index in [0.717, 1.165) is 35.6 Å². The summed E-state index contributed by atoms with van der Waals surface area (Å²) >= 11 is 9.50. The summed E-state index contributed by atoms with van der Waals surface area (Å²) in [4.78, 5) is 10.7. The summed E-state index contributed by atoms with van der Waals surface area (Å²) in [5, 5.41) is 0.247. The highest BCUT2D eigenvalue weighted by Crippen LogP contribution is 2.27. The lowest BCUT2D eigenvalue weighted by molar-refractivity contribution is 0.903.